The standard InChI is InChI=1S/C15H21ClN4/c1-6-8-20-9-7-17-13(20)11-10(2)12(16)19-14(18-11)15(3,4)5/h7,9H,6,8H2,1-5H3. The first-order valence-electron chi connectivity index (χ1n) is 6.90. The SMILES string of the molecule is CCCn1ccnc1-c1nc(C(C)(C)C)nc(Cl)c1C. The summed E-state index contributed by atoms with van der Waals surface area (Å²) in [5, 5.41) is 0.506. The third kappa shape index (κ3) is 2.85. The highest BCUT2D eigenvalue weighted by Crippen LogP contribution is 2.28. The molecule has 0 unspecified atom stereocenters. The zero-order chi connectivity index (χ0) is 14.9. The van der Waals surface area contributed by atoms with Gasteiger partial charge in [0.05, 0.1) is 0 Å². The summed E-state index contributed by atoms with van der Waals surface area (Å²) >= 11 is 6.28. The molecule has 2 rings (SSSR count). The Morgan fingerprint density at radius 2 is 1.95 bits per heavy atom. The number of nitrogens with zero attached hydrogens (tertiary/aromatic N) is 4. The molecule has 0 saturated heterocycles. The van der Waals surface area contributed by atoms with Crippen molar-refractivity contribution in [2.45, 2.75) is 53.0 Å². The van der Waals surface area contributed by atoms with Crippen molar-refractivity contribution in [1.29, 1.82) is 0 Å². The molecule has 0 atom stereocenters. The molecule has 0 bridgehead atoms. The van der Waals surface area contributed by atoms with Crippen molar-refractivity contribution >= 4 is 11.6 Å². The Morgan fingerprint density at radius 3 is 2.55 bits per heavy atom. The van der Waals surface area contributed by atoms with Crippen LogP contribution in [0.15, 0.2) is 12.4 Å². The predicted molar refractivity (Wildman–Crippen MR) is 82.0 cm³/mol. The number of aryl methyl sites for hydroxylation is 1. The van der Waals surface area contributed by atoms with E-state index in [0.29, 0.717) is 5.15 Å². The van der Waals surface area contributed by atoms with Gasteiger partial charge in [-0.2, -0.15) is 0 Å². The Kier molecular flexibility index (Phi) is 4.14. The molecule has 2 aromatic rings. The van der Waals surface area contributed by atoms with E-state index in [9.17, 15) is 0 Å². The molecule has 4 nitrogen and oxygen atoms in total. The van der Waals surface area contributed by atoms with Crippen LogP contribution in [-0.4, -0.2) is 19.5 Å². The second-order valence-corrected chi connectivity index (χ2v) is 6.36. The molecule has 0 amide bonds. The molecule has 0 fully saturated rings. The summed E-state index contributed by atoms with van der Waals surface area (Å²) in [5.74, 6) is 1.60. The van der Waals surface area contributed by atoms with Crippen LogP contribution in [0.25, 0.3) is 11.5 Å². The van der Waals surface area contributed by atoms with Gasteiger partial charge in [0.2, 0.25) is 0 Å². The number of hydrogen-bond donors (Lipinski definition) is 0. The molecule has 0 aromatic carbocycles. The van der Waals surface area contributed by atoms with Crippen LogP contribution in [0.4, 0.5) is 0 Å². The van der Waals surface area contributed by atoms with E-state index >= 15 is 0 Å². The van der Waals surface area contributed by atoms with Crippen LogP contribution in [0.5, 0.6) is 0 Å². The molecule has 108 valence electrons. The second-order valence-electron chi connectivity index (χ2n) is 6.01. The number of hydrogen-bond acceptors (Lipinski definition) is 3. The molecular weight excluding hydrogens is 272 g/mol. The number of imidazole rings is 1. The molecular formula is C15H21ClN4. The summed E-state index contributed by atoms with van der Waals surface area (Å²) in [4.78, 5) is 13.6. The third-order valence-electron chi connectivity index (χ3n) is 3.15. The normalized spacial score (nSPS) is 11.9. The molecule has 20 heavy (non-hydrogen) atoms. The van der Waals surface area contributed by atoms with Crippen LogP contribution in [0.3, 0.4) is 0 Å². The van der Waals surface area contributed by atoms with Crippen molar-refractivity contribution in [3.63, 3.8) is 0 Å². The lowest BCUT2D eigenvalue weighted by Crippen LogP contribution is -2.18. The van der Waals surface area contributed by atoms with Gasteiger partial charge >= 0.3 is 0 Å². The van der Waals surface area contributed by atoms with Crippen molar-refractivity contribution in [2.24, 2.45) is 0 Å². The summed E-state index contributed by atoms with van der Waals surface area (Å²) in [7, 11) is 0. The fourth-order valence-corrected chi connectivity index (χ4v) is 2.16. The molecule has 0 aliphatic rings. The quantitative estimate of drug-likeness (QED) is 0.803. The maximum Gasteiger partial charge on any atom is 0.159 e. The summed E-state index contributed by atoms with van der Waals surface area (Å²) in [6.07, 6.45) is 4.83. The summed E-state index contributed by atoms with van der Waals surface area (Å²) < 4.78 is 2.11. The second kappa shape index (κ2) is 5.52. The van der Waals surface area contributed by atoms with Crippen LogP contribution in [-0.2, 0) is 12.0 Å². The minimum absolute atomic E-state index is 0.145. The molecule has 0 aliphatic heterocycles. The highest BCUT2D eigenvalue weighted by Gasteiger charge is 2.22. The summed E-state index contributed by atoms with van der Waals surface area (Å²) in [5.41, 5.74) is 1.56. The van der Waals surface area contributed by atoms with E-state index in [4.69, 9.17) is 16.6 Å². The summed E-state index contributed by atoms with van der Waals surface area (Å²) in [6.45, 7) is 11.2. The lowest BCUT2D eigenvalue weighted by Gasteiger charge is -2.19. The molecule has 0 aliphatic carbocycles. The minimum Gasteiger partial charge on any atom is -0.330 e. The van der Waals surface area contributed by atoms with Crippen LogP contribution in [0.2, 0.25) is 5.15 Å². The zero-order valence-corrected chi connectivity index (χ0v) is 13.5. The Labute approximate surface area is 125 Å². The average molecular weight is 293 g/mol. The Bertz CT molecular complexity index is 611. The van der Waals surface area contributed by atoms with E-state index in [-0.39, 0.29) is 5.41 Å². The molecule has 5 heteroatoms. The molecule has 0 saturated carbocycles. The Morgan fingerprint density at radius 1 is 1.25 bits per heavy atom. The fraction of sp³-hybridized carbons (Fsp3) is 0.533. The molecule has 2 aromatic heterocycles. The van der Waals surface area contributed by atoms with Crippen LogP contribution >= 0.6 is 11.6 Å². The molecule has 2 heterocycles. The van der Waals surface area contributed by atoms with Gasteiger partial charge in [-0.1, -0.05) is 39.3 Å². The highest BCUT2D eigenvalue weighted by molar-refractivity contribution is 6.30. The smallest absolute Gasteiger partial charge is 0.159 e. The number of rotatable bonds is 3. The van der Waals surface area contributed by atoms with E-state index in [1.807, 2.05) is 13.1 Å². The highest BCUT2D eigenvalue weighted by atomic mass is 35.5. The van der Waals surface area contributed by atoms with E-state index < -0.39 is 0 Å². The van der Waals surface area contributed by atoms with Crippen molar-refractivity contribution in [3.8, 4) is 11.5 Å². The first-order chi connectivity index (χ1) is 9.34. The van der Waals surface area contributed by atoms with E-state index in [1.54, 1.807) is 6.20 Å². The lowest BCUT2D eigenvalue weighted by molar-refractivity contribution is 0.544. The van der Waals surface area contributed by atoms with Crippen LogP contribution in [0.1, 0.15) is 45.5 Å². The first kappa shape index (κ1) is 15.0. The fourth-order valence-electron chi connectivity index (χ4n) is 1.99. The van der Waals surface area contributed by atoms with Gasteiger partial charge in [-0.3, -0.25) is 0 Å². The Hall–Kier alpha value is -1.42. The van der Waals surface area contributed by atoms with Gasteiger partial charge in [0, 0.05) is 29.9 Å². The summed E-state index contributed by atoms with van der Waals surface area (Å²) in [6, 6.07) is 0. The van der Waals surface area contributed by atoms with Gasteiger partial charge in [0.15, 0.2) is 5.82 Å². The maximum atomic E-state index is 6.28. The van der Waals surface area contributed by atoms with Crippen molar-refractivity contribution in [1.82, 2.24) is 19.5 Å². The van der Waals surface area contributed by atoms with Gasteiger partial charge < -0.3 is 4.57 Å². The maximum absolute atomic E-state index is 6.28. The number of aromatic nitrogens is 4. The third-order valence-corrected chi connectivity index (χ3v) is 3.52. The van der Waals surface area contributed by atoms with Gasteiger partial charge in [0.25, 0.3) is 0 Å². The zero-order valence-electron chi connectivity index (χ0n) is 12.7. The lowest BCUT2D eigenvalue weighted by atomic mass is 9.95. The molecule has 0 radical (unpaired) electrons. The monoisotopic (exact) mass is 292 g/mol. The topological polar surface area (TPSA) is 43.6 Å². The van der Waals surface area contributed by atoms with Crippen molar-refractivity contribution in [3.05, 3.63) is 28.9 Å². The van der Waals surface area contributed by atoms with Crippen LogP contribution in [0, 0.1) is 6.92 Å². The van der Waals surface area contributed by atoms with Gasteiger partial charge in [-0.25, -0.2) is 15.0 Å². The van der Waals surface area contributed by atoms with Gasteiger partial charge in [-0.15, -0.1) is 0 Å². The van der Waals surface area contributed by atoms with Crippen molar-refractivity contribution in [2.75, 3.05) is 0 Å². The van der Waals surface area contributed by atoms with Gasteiger partial charge in [-0.05, 0) is 13.3 Å². The Balaban J connectivity index is 2.61. The average Bonchev–Trinajstić information content (AvgIpc) is 2.80. The van der Waals surface area contributed by atoms with Crippen LogP contribution < -0.4 is 0 Å². The largest absolute Gasteiger partial charge is 0.330 e. The number of halogens is 1. The van der Waals surface area contributed by atoms with Gasteiger partial charge in [0.1, 0.15) is 16.7 Å². The van der Waals surface area contributed by atoms with Crippen molar-refractivity contribution < 1.29 is 0 Å². The van der Waals surface area contributed by atoms with E-state index in [1.165, 1.54) is 0 Å². The first-order valence-corrected chi connectivity index (χ1v) is 7.28. The van der Waals surface area contributed by atoms with E-state index in [0.717, 1.165) is 35.9 Å². The molecule has 0 spiro atoms. The molecule has 0 N–H and O–H groups in total. The minimum atomic E-state index is -0.145. The van der Waals surface area contributed by atoms with E-state index in [2.05, 4.69) is 42.2 Å². The predicted octanol–water partition coefficient (Wildman–Crippen LogP) is 4.01.